The van der Waals surface area contributed by atoms with E-state index in [0.717, 1.165) is 10.5 Å². The molecule has 22 heavy (non-hydrogen) atoms. The van der Waals surface area contributed by atoms with Gasteiger partial charge in [-0.2, -0.15) is 0 Å². The SMILES string of the molecule is CN1C(=O)C(c2ncc(N)c(-c3ccccc3)n2)N(C)C1=O. The number of nitrogen functional groups attached to an aromatic ring is 1. The number of hydrogen-bond acceptors (Lipinski definition) is 5. The van der Waals surface area contributed by atoms with Crippen LogP contribution in [-0.4, -0.2) is 45.8 Å². The Hall–Kier alpha value is -2.96. The van der Waals surface area contributed by atoms with Gasteiger partial charge in [0, 0.05) is 19.7 Å². The third-order valence-electron chi connectivity index (χ3n) is 3.67. The zero-order valence-corrected chi connectivity index (χ0v) is 12.2. The molecule has 0 aliphatic carbocycles. The van der Waals surface area contributed by atoms with Crippen LogP contribution in [-0.2, 0) is 4.79 Å². The van der Waals surface area contributed by atoms with Gasteiger partial charge in [0.2, 0.25) is 0 Å². The van der Waals surface area contributed by atoms with Crippen LogP contribution in [0, 0.1) is 0 Å². The smallest absolute Gasteiger partial charge is 0.327 e. The molecular weight excluding hydrogens is 282 g/mol. The van der Waals surface area contributed by atoms with Crippen molar-refractivity contribution >= 4 is 17.6 Å². The van der Waals surface area contributed by atoms with Gasteiger partial charge in [0.25, 0.3) is 5.91 Å². The van der Waals surface area contributed by atoms with Gasteiger partial charge in [-0.1, -0.05) is 30.3 Å². The lowest BCUT2D eigenvalue weighted by molar-refractivity contribution is -0.127. The van der Waals surface area contributed by atoms with Crippen LogP contribution >= 0.6 is 0 Å². The molecule has 0 radical (unpaired) electrons. The Bertz CT molecular complexity index is 747. The first-order chi connectivity index (χ1) is 10.5. The summed E-state index contributed by atoms with van der Waals surface area (Å²) in [6, 6.07) is 8.20. The summed E-state index contributed by atoms with van der Waals surface area (Å²) in [7, 11) is 2.99. The predicted molar refractivity (Wildman–Crippen MR) is 80.6 cm³/mol. The van der Waals surface area contributed by atoms with Crippen LogP contribution in [0.15, 0.2) is 36.5 Å². The van der Waals surface area contributed by atoms with Crippen LogP contribution in [0.1, 0.15) is 11.9 Å². The fraction of sp³-hybridized carbons (Fsp3) is 0.200. The number of hydrogen-bond donors (Lipinski definition) is 1. The maximum atomic E-state index is 12.2. The molecule has 7 heteroatoms. The van der Waals surface area contributed by atoms with E-state index >= 15 is 0 Å². The Labute approximate surface area is 127 Å². The molecule has 1 unspecified atom stereocenters. The average Bonchev–Trinajstić information content (AvgIpc) is 2.73. The lowest BCUT2D eigenvalue weighted by atomic mass is 10.1. The van der Waals surface area contributed by atoms with Crippen LogP contribution < -0.4 is 5.73 Å². The largest absolute Gasteiger partial charge is 0.396 e. The third kappa shape index (κ3) is 2.07. The molecule has 0 bridgehead atoms. The van der Waals surface area contributed by atoms with Crippen molar-refractivity contribution in [1.29, 1.82) is 0 Å². The zero-order valence-electron chi connectivity index (χ0n) is 12.2. The second-order valence-corrected chi connectivity index (χ2v) is 5.09. The lowest BCUT2D eigenvalue weighted by Crippen LogP contribution is -2.27. The first kappa shape index (κ1) is 14.0. The number of carbonyl (C=O) groups is 2. The Morgan fingerprint density at radius 1 is 1.14 bits per heavy atom. The molecule has 112 valence electrons. The summed E-state index contributed by atoms with van der Waals surface area (Å²) in [4.78, 5) is 35.0. The first-order valence-corrected chi connectivity index (χ1v) is 6.73. The second-order valence-electron chi connectivity index (χ2n) is 5.09. The van der Waals surface area contributed by atoms with Crippen molar-refractivity contribution in [2.75, 3.05) is 19.8 Å². The van der Waals surface area contributed by atoms with Gasteiger partial charge in [-0.25, -0.2) is 14.8 Å². The van der Waals surface area contributed by atoms with Gasteiger partial charge in [-0.3, -0.25) is 9.69 Å². The van der Waals surface area contributed by atoms with Crippen molar-refractivity contribution in [1.82, 2.24) is 19.8 Å². The standard InChI is InChI=1S/C15H15N5O2/c1-19-12(14(21)20(2)15(19)22)13-17-8-10(16)11(18-13)9-6-4-3-5-7-9/h3-8,12H,16H2,1-2H3. The van der Waals surface area contributed by atoms with E-state index < -0.39 is 6.04 Å². The van der Waals surface area contributed by atoms with Gasteiger partial charge in [-0.15, -0.1) is 0 Å². The van der Waals surface area contributed by atoms with Crippen LogP contribution in [0.25, 0.3) is 11.3 Å². The van der Waals surface area contributed by atoms with Crippen molar-refractivity contribution in [2.24, 2.45) is 0 Å². The van der Waals surface area contributed by atoms with E-state index in [1.165, 1.54) is 18.1 Å². The minimum Gasteiger partial charge on any atom is -0.396 e. The number of anilines is 1. The van der Waals surface area contributed by atoms with Crippen molar-refractivity contribution in [2.45, 2.75) is 6.04 Å². The predicted octanol–water partition coefficient (Wildman–Crippen LogP) is 1.29. The molecule has 2 heterocycles. The molecule has 0 saturated carbocycles. The Morgan fingerprint density at radius 2 is 1.82 bits per heavy atom. The molecule has 2 aromatic rings. The van der Waals surface area contributed by atoms with Gasteiger partial charge >= 0.3 is 6.03 Å². The fourth-order valence-electron chi connectivity index (χ4n) is 2.44. The number of urea groups is 1. The highest BCUT2D eigenvalue weighted by Crippen LogP contribution is 2.29. The number of imide groups is 1. The number of rotatable bonds is 2. The molecule has 2 N–H and O–H groups in total. The normalized spacial score (nSPS) is 18.2. The van der Waals surface area contributed by atoms with E-state index in [4.69, 9.17) is 5.73 Å². The quantitative estimate of drug-likeness (QED) is 0.843. The molecule has 3 rings (SSSR count). The van der Waals surface area contributed by atoms with E-state index in [1.54, 1.807) is 7.05 Å². The van der Waals surface area contributed by atoms with Gasteiger partial charge in [0.1, 0.15) is 0 Å². The molecule has 1 atom stereocenters. The summed E-state index contributed by atoms with van der Waals surface area (Å²) in [5.74, 6) is -0.0884. The summed E-state index contributed by atoms with van der Waals surface area (Å²) < 4.78 is 0. The van der Waals surface area contributed by atoms with Gasteiger partial charge in [0.15, 0.2) is 11.9 Å². The van der Waals surface area contributed by atoms with Crippen LogP contribution in [0.3, 0.4) is 0 Å². The summed E-state index contributed by atoms with van der Waals surface area (Å²) >= 11 is 0. The minimum absolute atomic E-state index is 0.262. The topological polar surface area (TPSA) is 92.4 Å². The molecule has 3 amide bonds. The summed E-state index contributed by atoms with van der Waals surface area (Å²) in [6.45, 7) is 0. The number of nitrogens with two attached hydrogens (primary N) is 1. The maximum Gasteiger partial charge on any atom is 0.327 e. The van der Waals surface area contributed by atoms with E-state index in [0.29, 0.717) is 11.4 Å². The second kappa shape index (κ2) is 5.10. The van der Waals surface area contributed by atoms with Crippen LogP contribution in [0.4, 0.5) is 10.5 Å². The minimum atomic E-state index is -0.819. The number of benzene rings is 1. The number of likely N-dealkylation sites (N-methyl/N-ethyl adjacent to an activating group) is 2. The number of nitrogens with zero attached hydrogens (tertiary/aromatic N) is 4. The molecule has 1 fully saturated rings. The molecule has 1 aliphatic rings. The first-order valence-electron chi connectivity index (χ1n) is 6.73. The monoisotopic (exact) mass is 297 g/mol. The molecule has 1 saturated heterocycles. The van der Waals surface area contributed by atoms with Crippen LogP contribution in [0.2, 0.25) is 0 Å². The van der Waals surface area contributed by atoms with E-state index in [1.807, 2.05) is 30.3 Å². The molecular formula is C15H15N5O2. The summed E-state index contributed by atoms with van der Waals surface area (Å²) in [6.07, 6.45) is 1.47. The van der Waals surface area contributed by atoms with Crippen molar-refractivity contribution < 1.29 is 9.59 Å². The summed E-state index contributed by atoms with van der Waals surface area (Å²) in [5.41, 5.74) is 7.74. The van der Waals surface area contributed by atoms with Gasteiger partial charge in [0.05, 0.1) is 17.6 Å². The molecule has 1 aliphatic heterocycles. The van der Waals surface area contributed by atoms with Gasteiger partial charge in [-0.05, 0) is 0 Å². The average molecular weight is 297 g/mol. The molecule has 0 spiro atoms. The highest BCUT2D eigenvalue weighted by Gasteiger charge is 2.43. The van der Waals surface area contributed by atoms with Crippen LogP contribution in [0.5, 0.6) is 0 Å². The van der Waals surface area contributed by atoms with E-state index in [2.05, 4.69) is 9.97 Å². The van der Waals surface area contributed by atoms with Crippen molar-refractivity contribution in [3.63, 3.8) is 0 Å². The maximum absolute atomic E-state index is 12.2. The third-order valence-corrected chi connectivity index (χ3v) is 3.67. The Balaban J connectivity index is 2.07. The lowest BCUT2D eigenvalue weighted by Gasteiger charge is -2.16. The molecule has 1 aromatic carbocycles. The van der Waals surface area contributed by atoms with E-state index in [-0.39, 0.29) is 17.8 Å². The molecule has 7 nitrogen and oxygen atoms in total. The highest BCUT2D eigenvalue weighted by atomic mass is 16.2. The zero-order chi connectivity index (χ0) is 15.9. The van der Waals surface area contributed by atoms with E-state index in [9.17, 15) is 9.59 Å². The van der Waals surface area contributed by atoms with Gasteiger partial charge < -0.3 is 10.6 Å². The fourth-order valence-corrected chi connectivity index (χ4v) is 2.44. The van der Waals surface area contributed by atoms with Crippen molar-refractivity contribution in [3.05, 3.63) is 42.4 Å². The highest BCUT2D eigenvalue weighted by molar-refractivity contribution is 6.03. The summed E-state index contributed by atoms with van der Waals surface area (Å²) in [5, 5.41) is 0. The number of carbonyl (C=O) groups excluding carboxylic acids is 2. The number of amides is 3. The van der Waals surface area contributed by atoms with Crippen molar-refractivity contribution in [3.8, 4) is 11.3 Å². The Kier molecular flexibility index (Phi) is 3.25. The number of aromatic nitrogens is 2. The molecule has 1 aromatic heterocycles. The Morgan fingerprint density at radius 3 is 2.41 bits per heavy atom.